The molecule has 5 nitrogen and oxygen atoms in total. The van der Waals surface area contributed by atoms with Gasteiger partial charge < -0.3 is 5.43 Å². The molecule has 1 aromatic carbocycles. The number of fused-ring (bicyclic) bond motifs is 1. The van der Waals surface area contributed by atoms with Crippen molar-refractivity contribution in [3.8, 4) is 0 Å². The SMILES string of the molecule is O=S1(=O)CC2N=C(NNCc3ccccc3)SC2C1. The van der Waals surface area contributed by atoms with Crippen LogP contribution in [0.4, 0.5) is 0 Å². The second-order valence-corrected chi connectivity index (χ2v) is 8.08. The molecule has 1 fully saturated rings. The minimum Gasteiger partial charge on any atom is -0.300 e. The molecule has 0 radical (unpaired) electrons. The van der Waals surface area contributed by atoms with Gasteiger partial charge in [-0.2, -0.15) is 0 Å². The van der Waals surface area contributed by atoms with E-state index in [0.717, 1.165) is 5.17 Å². The number of aliphatic imine (C=N–C) groups is 1. The highest BCUT2D eigenvalue weighted by molar-refractivity contribution is 8.15. The summed E-state index contributed by atoms with van der Waals surface area (Å²) in [6, 6.07) is 9.98. The Hall–Kier alpha value is -1.05. The molecule has 2 atom stereocenters. The Bertz CT molecular complexity index is 586. The fraction of sp³-hybridized carbons (Fsp3) is 0.417. The molecule has 0 bridgehead atoms. The summed E-state index contributed by atoms with van der Waals surface area (Å²) in [7, 11) is -2.87. The van der Waals surface area contributed by atoms with Gasteiger partial charge in [0.2, 0.25) is 0 Å². The van der Waals surface area contributed by atoms with Crippen molar-refractivity contribution < 1.29 is 8.42 Å². The van der Waals surface area contributed by atoms with Crippen molar-refractivity contribution in [2.75, 3.05) is 11.5 Å². The molecule has 102 valence electrons. The number of nitrogens with zero attached hydrogens (tertiary/aromatic N) is 1. The van der Waals surface area contributed by atoms with Crippen LogP contribution in [0.3, 0.4) is 0 Å². The molecule has 2 heterocycles. The minimum atomic E-state index is -2.87. The van der Waals surface area contributed by atoms with Crippen LogP contribution >= 0.6 is 11.8 Å². The fourth-order valence-corrected chi connectivity index (χ4v) is 5.86. The molecule has 0 spiro atoms. The zero-order valence-electron chi connectivity index (χ0n) is 10.2. The van der Waals surface area contributed by atoms with Gasteiger partial charge in [-0.1, -0.05) is 42.1 Å². The monoisotopic (exact) mass is 297 g/mol. The van der Waals surface area contributed by atoms with Crippen molar-refractivity contribution in [1.29, 1.82) is 0 Å². The number of nitrogens with one attached hydrogen (secondary N) is 2. The summed E-state index contributed by atoms with van der Waals surface area (Å²) in [5.74, 6) is 0.435. The number of amidine groups is 1. The molecule has 19 heavy (non-hydrogen) atoms. The van der Waals surface area contributed by atoms with Crippen molar-refractivity contribution in [1.82, 2.24) is 10.9 Å². The Labute approximate surface area is 116 Å². The third-order valence-electron chi connectivity index (χ3n) is 3.15. The highest BCUT2D eigenvalue weighted by Crippen LogP contribution is 2.33. The first-order chi connectivity index (χ1) is 9.12. The Morgan fingerprint density at radius 2 is 2.05 bits per heavy atom. The van der Waals surface area contributed by atoms with E-state index in [1.165, 1.54) is 17.3 Å². The van der Waals surface area contributed by atoms with Crippen LogP contribution in [0.2, 0.25) is 0 Å². The molecule has 2 aliphatic heterocycles. The first-order valence-electron chi connectivity index (χ1n) is 6.10. The van der Waals surface area contributed by atoms with E-state index in [2.05, 4.69) is 15.8 Å². The largest absolute Gasteiger partial charge is 0.300 e. The molecule has 1 saturated heterocycles. The number of thioether (sulfide) groups is 1. The van der Waals surface area contributed by atoms with Crippen LogP contribution in [-0.2, 0) is 16.4 Å². The Balaban J connectivity index is 1.51. The van der Waals surface area contributed by atoms with E-state index in [4.69, 9.17) is 0 Å². The lowest BCUT2D eigenvalue weighted by Gasteiger charge is -2.08. The second-order valence-electron chi connectivity index (χ2n) is 4.70. The maximum absolute atomic E-state index is 11.4. The first kappa shape index (κ1) is 13.0. The Morgan fingerprint density at radius 1 is 1.26 bits per heavy atom. The lowest BCUT2D eigenvalue weighted by molar-refractivity contribution is 0.601. The van der Waals surface area contributed by atoms with Crippen LogP contribution in [-0.4, -0.2) is 36.4 Å². The van der Waals surface area contributed by atoms with Gasteiger partial charge in [0.1, 0.15) is 0 Å². The third-order valence-corrected chi connectivity index (χ3v) is 6.29. The summed E-state index contributed by atoms with van der Waals surface area (Å²) >= 11 is 1.52. The zero-order chi connectivity index (χ0) is 13.3. The lowest BCUT2D eigenvalue weighted by Crippen LogP contribution is -2.34. The smallest absolute Gasteiger partial charge is 0.171 e. The van der Waals surface area contributed by atoms with E-state index in [0.29, 0.717) is 6.54 Å². The van der Waals surface area contributed by atoms with Crippen LogP contribution in [0.5, 0.6) is 0 Å². The molecule has 3 rings (SSSR count). The van der Waals surface area contributed by atoms with Crippen LogP contribution in [0, 0.1) is 0 Å². The van der Waals surface area contributed by atoms with E-state index < -0.39 is 9.84 Å². The number of hydrogen-bond acceptors (Lipinski definition) is 6. The van der Waals surface area contributed by atoms with Crippen molar-refractivity contribution in [3.63, 3.8) is 0 Å². The number of benzene rings is 1. The maximum atomic E-state index is 11.4. The van der Waals surface area contributed by atoms with E-state index in [-0.39, 0.29) is 22.8 Å². The molecule has 2 aliphatic rings. The maximum Gasteiger partial charge on any atom is 0.171 e. The molecule has 0 aromatic heterocycles. The summed E-state index contributed by atoms with van der Waals surface area (Å²) in [4.78, 5) is 4.40. The van der Waals surface area contributed by atoms with E-state index >= 15 is 0 Å². The fourth-order valence-electron chi connectivity index (χ4n) is 2.23. The van der Waals surface area contributed by atoms with Crippen LogP contribution < -0.4 is 10.9 Å². The van der Waals surface area contributed by atoms with Gasteiger partial charge in [-0.15, -0.1) is 0 Å². The van der Waals surface area contributed by atoms with Crippen LogP contribution in [0.25, 0.3) is 0 Å². The molecule has 2 unspecified atom stereocenters. The van der Waals surface area contributed by atoms with Gasteiger partial charge in [0, 0.05) is 11.8 Å². The average molecular weight is 297 g/mol. The topological polar surface area (TPSA) is 70.6 Å². The van der Waals surface area contributed by atoms with Gasteiger partial charge in [0.25, 0.3) is 0 Å². The van der Waals surface area contributed by atoms with Crippen molar-refractivity contribution in [2.24, 2.45) is 4.99 Å². The standard InChI is InChI=1S/C12H15N3O2S2/c16-19(17)7-10-11(8-19)18-12(14-10)15-13-6-9-4-2-1-3-5-9/h1-5,10-11,13H,6-8H2,(H,14,15). The summed E-state index contributed by atoms with van der Waals surface area (Å²) in [6.07, 6.45) is 0. The quantitative estimate of drug-likeness (QED) is 0.797. The van der Waals surface area contributed by atoms with Crippen LogP contribution in [0.1, 0.15) is 5.56 Å². The predicted octanol–water partition coefficient (Wildman–Crippen LogP) is 0.549. The molecular weight excluding hydrogens is 282 g/mol. The summed E-state index contributed by atoms with van der Waals surface area (Å²) in [5.41, 5.74) is 7.34. The van der Waals surface area contributed by atoms with Gasteiger partial charge in [0.15, 0.2) is 15.0 Å². The van der Waals surface area contributed by atoms with Gasteiger partial charge in [0.05, 0.1) is 17.5 Å². The van der Waals surface area contributed by atoms with Crippen LogP contribution in [0.15, 0.2) is 35.3 Å². The molecule has 0 aliphatic carbocycles. The van der Waals surface area contributed by atoms with E-state index in [1.54, 1.807) is 0 Å². The molecule has 0 amide bonds. The minimum absolute atomic E-state index is 0.0731. The zero-order valence-corrected chi connectivity index (χ0v) is 11.9. The molecule has 7 heteroatoms. The summed E-state index contributed by atoms with van der Waals surface area (Å²) < 4.78 is 22.9. The third kappa shape index (κ3) is 3.10. The molecule has 1 aromatic rings. The molecule has 0 saturated carbocycles. The number of rotatable bonds is 3. The predicted molar refractivity (Wildman–Crippen MR) is 77.7 cm³/mol. The molecular formula is C12H15N3O2S2. The highest BCUT2D eigenvalue weighted by atomic mass is 32.2. The Kier molecular flexibility index (Phi) is 3.51. The van der Waals surface area contributed by atoms with Crippen molar-refractivity contribution in [2.45, 2.75) is 17.8 Å². The first-order valence-corrected chi connectivity index (χ1v) is 8.80. The lowest BCUT2D eigenvalue weighted by atomic mass is 10.2. The van der Waals surface area contributed by atoms with Crippen molar-refractivity contribution in [3.05, 3.63) is 35.9 Å². The summed E-state index contributed by atoms with van der Waals surface area (Å²) in [6.45, 7) is 0.702. The normalized spacial score (nSPS) is 27.9. The van der Waals surface area contributed by atoms with Crippen molar-refractivity contribution >= 4 is 26.8 Å². The average Bonchev–Trinajstić information content (AvgIpc) is 2.83. The van der Waals surface area contributed by atoms with Gasteiger partial charge in [-0.05, 0) is 5.56 Å². The van der Waals surface area contributed by atoms with E-state index in [1.807, 2.05) is 30.3 Å². The van der Waals surface area contributed by atoms with Gasteiger partial charge in [-0.25, -0.2) is 13.8 Å². The second kappa shape index (κ2) is 5.15. The number of hydrogen-bond donors (Lipinski definition) is 2. The van der Waals surface area contributed by atoms with Gasteiger partial charge >= 0.3 is 0 Å². The number of sulfone groups is 1. The highest BCUT2D eigenvalue weighted by Gasteiger charge is 2.42. The Morgan fingerprint density at radius 3 is 2.79 bits per heavy atom. The summed E-state index contributed by atoms with van der Waals surface area (Å²) in [5, 5.41) is 0.881. The number of hydrazine groups is 1. The van der Waals surface area contributed by atoms with E-state index in [9.17, 15) is 8.42 Å². The van der Waals surface area contributed by atoms with Gasteiger partial charge in [-0.3, -0.25) is 4.99 Å². The molecule has 2 N–H and O–H groups in total.